The molecule has 1 aliphatic rings. The third-order valence-electron chi connectivity index (χ3n) is 7.14. The van der Waals surface area contributed by atoms with Crippen LogP contribution in [0, 0.1) is 5.92 Å². The van der Waals surface area contributed by atoms with Crippen molar-refractivity contribution in [3.63, 3.8) is 0 Å². The molecule has 1 aliphatic heterocycles. The van der Waals surface area contributed by atoms with Crippen LogP contribution in [0.2, 0.25) is 0 Å². The van der Waals surface area contributed by atoms with E-state index in [0.29, 0.717) is 41.6 Å². The number of anilines is 1. The topological polar surface area (TPSA) is 88.3 Å². The van der Waals surface area contributed by atoms with Crippen LogP contribution in [0.1, 0.15) is 61.0 Å². The number of likely N-dealkylation sites (tertiary alicyclic amines) is 1. The lowest BCUT2D eigenvalue weighted by atomic mass is 9.86. The second-order valence-corrected chi connectivity index (χ2v) is 11.2. The lowest BCUT2D eigenvalue weighted by Gasteiger charge is -2.30. The van der Waals surface area contributed by atoms with Crippen molar-refractivity contribution in [1.82, 2.24) is 15.0 Å². The fraction of sp³-hybridized carbons (Fsp3) is 0.312. The number of piperidine rings is 1. The number of hydrogen-bond donors (Lipinski definition) is 1. The van der Waals surface area contributed by atoms with Gasteiger partial charge in [-0.25, -0.2) is 0 Å². The Labute approximate surface area is 229 Å². The highest BCUT2D eigenvalue weighted by Gasteiger charge is 2.27. The zero-order valence-electron chi connectivity index (χ0n) is 22.7. The monoisotopic (exact) mass is 522 g/mol. The molecule has 2 heterocycles. The first-order chi connectivity index (χ1) is 18.8. The number of carbonyl (C=O) groups excluding carboxylic acids is 2. The standard InChI is InChI=1S/C32H34N4O3/c1-32(2,3)26-16-14-22(15-17-26)29(37)24-11-7-13-27(19-24)33-31(38)25-12-8-18-36(20-25)21-28-34-30(35-39-28)23-9-5-4-6-10-23/h4-7,9-11,13-17,19,25H,8,12,18,20-21H2,1-3H3,(H,33,38). The van der Waals surface area contributed by atoms with Gasteiger partial charge in [0.1, 0.15) is 0 Å². The Balaban J connectivity index is 1.20. The second kappa shape index (κ2) is 11.3. The summed E-state index contributed by atoms with van der Waals surface area (Å²) >= 11 is 0. The summed E-state index contributed by atoms with van der Waals surface area (Å²) in [5.74, 6) is 0.826. The van der Waals surface area contributed by atoms with Gasteiger partial charge in [0.05, 0.1) is 12.5 Å². The number of ketones is 1. The number of carbonyl (C=O) groups is 2. The number of hydrogen-bond acceptors (Lipinski definition) is 6. The minimum atomic E-state index is -0.167. The van der Waals surface area contributed by atoms with Gasteiger partial charge in [0.15, 0.2) is 5.78 Å². The lowest BCUT2D eigenvalue weighted by Crippen LogP contribution is -2.40. The molecular formula is C32H34N4O3. The summed E-state index contributed by atoms with van der Waals surface area (Å²) in [6, 6.07) is 24.6. The molecule has 7 nitrogen and oxygen atoms in total. The summed E-state index contributed by atoms with van der Waals surface area (Å²) in [7, 11) is 0. The lowest BCUT2D eigenvalue weighted by molar-refractivity contribution is -0.121. The molecule has 1 aromatic heterocycles. The summed E-state index contributed by atoms with van der Waals surface area (Å²) < 4.78 is 5.47. The molecule has 0 spiro atoms. The SMILES string of the molecule is CC(C)(C)c1ccc(C(=O)c2cccc(NC(=O)C3CCCN(Cc4nc(-c5ccccc5)no4)C3)c2)cc1. The highest BCUT2D eigenvalue weighted by Crippen LogP contribution is 2.25. The van der Waals surface area contributed by atoms with Gasteiger partial charge in [0.25, 0.3) is 0 Å². The molecule has 1 amide bonds. The number of rotatable bonds is 7. The number of aromatic nitrogens is 2. The van der Waals surface area contributed by atoms with Crippen molar-refractivity contribution in [2.75, 3.05) is 18.4 Å². The van der Waals surface area contributed by atoms with Crippen molar-refractivity contribution in [2.24, 2.45) is 5.92 Å². The third-order valence-corrected chi connectivity index (χ3v) is 7.14. The van der Waals surface area contributed by atoms with E-state index in [4.69, 9.17) is 4.52 Å². The number of nitrogens with zero attached hydrogens (tertiary/aromatic N) is 3. The van der Waals surface area contributed by atoms with Crippen LogP contribution in [0.3, 0.4) is 0 Å². The van der Waals surface area contributed by atoms with Gasteiger partial charge < -0.3 is 9.84 Å². The molecular weight excluding hydrogens is 488 g/mol. The van der Waals surface area contributed by atoms with Crippen LogP contribution in [0.15, 0.2) is 83.4 Å². The van der Waals surface area contributed by atoms with Crippen LogP contribution in [0.4, 0.5) is 5.69 Å². The molecule has 1 N–H and O–H groups in total. The maximum absolute atomic E-state index is 13.2. The van der Waals surface area contributed by atoms with Gasteiger partial charge >= 0.3 is 0 Å². The predicted octanol–water partition coefficient (Wildman–Crippen LogP) is 6.12. The summed E-state index contributed by atoms with van der Waals surface area (Å²) in [6.07, 6.45) is 1.71. The molecule has 1 fully saturated rings. The van der Waals surface area contributed by atoms with Crippen molar-refractivity contribution in [2.45, 2.75) is 45.6 Å². The highest BCUT2D eigenvalue weighted by molar-refractivity contribution is 6.09. The molecule has 5 rings (SSSR count). The molecule has 0 aliphatic carbocycles. The molecule has 39 heavy (non-hydrogen) atoms. The van der Waals surface area contributed by atoms with Crippen LogP contribution >= 0.6 is 0 Å². The van der Waals surface area contributed by atoms with Gasteiger partial charge in [-0.05, 0) is 42.5 Å². The quantitative estimate of drug-likeness (QED) is 0.294. The summed E-state index contributed by atoms with van der Waals surface area (Å²) in [5, 5.41) is 7.13. The van der Waals surface area contributed by atoms with Crippen LogP contribution in [0.5, 0.6) is 0 Å². The minimum absolute atomic E-state index is 0.0247. The van der Waals surface area contributed by atoms with Gasteiger partial charge in [0.2, 0.25) is 17.6 Å². The Morgan fingerprint density at radius 1 is 0.974 bits per heavy atom. The molecule has 1 atom stereocenters. The number of nitrogens with one attached hydrogen (secondary N) is 1. The van der Waals surface area contributed by atoms with Gasteiger partial charge in [0, 0.05) is 28.9 Å². The van der Waals surface area contributed by atoms with E-state index in [-0.39, 0.29) is 23.0 Å². The van der Waals surface area contributed by atoms with Crippen molar-refractivity contribution in [3.8, 4) is 11.4 Å². The maximum atomic E-state index is 13.2. The zero-order valence-corrected chi connectivity index (χ0v) is 22.7. The first kappa shape index (κ1) is 26.5. The average molecular weight is 523 g/mol. The summed E-state index contributed by atoms with van der Waals surface area (Å²) in [5.41, 5.74) is 3.91. The Morgan fingerprint density at radius 3 is 2.49 bits per heavy atom. The van der Waals surface area contributed by atoms with Gasteiger partial charge in [-0.1, -0.05) is 92.7 Å². The fourth-order valence-corrected chi connectivity index (χ4v) is 4.90. The Morgan fingerprint density at radius 2 is 1.74 bits per heavy atom. The first-order valence-corrected chi connectivity index (χ1v) is 13.4. The van der Waals surface area contributed by atoms with E-state index in [9.17, 15) is 9.59 Å². The smallest absolute Gasteiger partial charge is 0.241 e. The van der Waals surface area contributed by atoms with E-state index in [1.165, 1.54) is 5.56 Å². The number of amides is 1. The average Bonchev–Trinajstić information content (AvgIpc) is 3.41. The zero-order chi connectivity index (χ0) is 27.4. The Bertz CT molecular complexity index is 1440. The van der Waals surface area contributed by atoms with Crippen LogP contribution in [0.25, 0.3) is 11.4 Å². The van der Waals surface area contributed by atoms with Gasteiger partial charge in [-0.2, -0.15) is 4.98 Å². The molecule has 0 radical (unpaired) electrons. The molecule has 200 valence electrons. The van der Waals surface area contributed by atoms with Crippen molar-refractivity contribution >= 4 is 17.4 Å². The minimum Gasteiger partial charge on any atom is -0.338 e. The van der Waals surface area contributed by atoms with E-state index in [1.54, 1.807) is 18.2 Å². The van der Waals surface area contributed by atoms with Crippen LogP contribution < -0.4 is 5.32 Å². The van der Waals surface area contributed by atoms with E-state index in [1.807, 2.05) is 60.7 Å². The van der Waals surface area contributed by atoms with E-state index >= 15 is 0 Å². The van der Waals surface area contributed by atoms with Crippen molar-refractivity contribution in [1.29, 1.82) is 0 Å². The molecule has 1 unspecified atom stereocenters. The maximum Gasteiger partial charge on any atom is 0.241 e. The van der Waals surface area contributed by atoms with Gasteiger partial charge in [-0.15, -0.1) is 0 Å². The molecule has 1 saturated heterocycles. The largest absolute Gasteiger partial charge is 0.338 e. The molecule has 7 heteroatoms. The van der Waals surface area contributed by atoms with Crippen molar-refractivity contribution < 1.29 is 14.1 Å². The Hall–Kier alpha value is -4.10. The Kier molecular flexibility index (Phi) is 7.70. The summed E-state index contributed by atoms with van der Waals surface area (Å²) in [6.45, 7) is 8.41. The second-order valence-electron chi connectivity index (χ2n) is 11.2. The van der Waals surface area contributed by atoms with Gasteiger partial charge in [-0.3, -0.25) is 14.5 Å². The summed E-state index contributed by atoms with van der Waals surface area (Å²) in [4.78, 5) is 33.0. The van der Waals surface area contributed by atoms with Crippen LogP contribution in [-0.2, 0) is 16.8 Å². The predicted molar refractivity (Wildman–Crippen MR) is 151 cm³/mol. The third kappa shape index (κ3) is 6.49. The fourth-order valence-electron chi connectivity index (χ4n) is 4.90. The van der Waals surface area contributed by atoms with E-state index in [0.717, 1.165) is 24.9 Å². The van der Waals surface area contributed by atoms with E-state index < -0.39 is 0 Å². The molecule has 3 aromatic carbocycles. The van der Waals surface area contributed by atoms with E-state index in [2.05, 4.69) is 41.1 Å². The normalized spacial score (nSPS) is 16.1. The molecule has 4 aromatic rings. The van der Waals surface area contributed by atoms with Crippen LogP contribution in [-0.4, -0.2) is 39.8 Å². The molecule has 0 bridgehead atoms. The first-order valence-electron chi connectivity index (χ1n) is 13.4. The number of benzene rings is 3. The van der Waals surface area contributed by atoms with Crippen molar-refractivity contribution in [3.05, 3.63) is 101 Å². The highest BCUT2D eigenvalue weighted by atomic mass is 16.5. The molecule has 0 saturated carbocycles.